The van der Waals surface area contributed by atoms with Gasteiger partial charge in [0, 0.05) is 29.5 Å². The minimum atomic E-state index is -2.72. The third kappa shape index (κ3) is 4.83. The Kier molecular flexibility index (Phi) is 6.61. The molecule has 2 aliphatic rings. The van der Waals surface area contributed by atoms with Crippen molar-refractivity contribution in [3.63, 3.8) is 0 Å². The molecule has 5 rings (SSSR count). The summed E-state index contributed by atoms with van der Waals surface area (Å²) in [5.74, 6) is -2.06. The van der Waals surface area contributed by atoms with Gasteiger partial charge in [0.1, 0.15) is 11.9 Å². The zero-order valence-electron chi connectivity index (χ0n) is 19.2. The standard InChI is InChI=1S/C27H30ClF2N3O/c28-20-14-12-19(13-15-20)25-32-22-10-4-5-11-23(22)33(25)24(18-7-2-1-3-8-18)26(34)31-21-9-6-16-27(29,30)17-21/h4-5,10-15,18,21,24H,1-3,6-9,16-17H2,(H,31,34)/t21?,24-/m0/s1. The van der Waals surface area contributed by atoms with Gasteiger partial charge in [-0.2, -0.15) is 0 Å². The van der Waals surface area contributed by atoms with Crippen molar-refractivity contribution in [3.05, 3.63) is 53.6 Å². The number of aromatic nitrogens is 2. The van der Waals surface area contributed by atoms with E-state index in [0.717, 1.165) is 48.7 Å². The Morgan fingerprint density at radius 1 is 1.03 bits per heavy atom. The molecule has 0 bridgehead atoms. The summed E-state index contributed by atoms with van der Waals surface area (Å²) in [7, 11) is 0. The monoisotopic (exact) mass is 485 g/mol. The van der Waals surface area contributed by atoms with Crippen molar-refractivity contribution in [2.45, 2.75) is 75.8 Å². The van der Waals surface area contributed by atoms with Crippen LogP contribution >= 0.6 is 11.6 Å². The summed E-state index contributed by atoms with van der Waals surface area (Å²) in [4.78, 5) is 18.8. The first-order valence-corrected chi connectivity index (χ1v) is 12.7. The van der Waals surface area contributed by atoms with Gasteiger partial charge in [0.25, 0.3) is 0 Å². The van der Waals surface area contributed by atoms with E-state index >= 15 is 0 Å². The lowest BCUT2D eigenvalue weighted by Gasteiger charge is -2.35. The first kappa shape index (κ1) is 23.3. The normalized spacial score (nSPS) is 21.9. The number of benzene rings is 2. The number of alkyl halides is 2. The van der Waals surface area contributed by atoms with Gasteiger partial charge in [-0.1, -0.05) is 43.0 Å². The molecule has 4 nitrogen and oxygen atoms in total. The Hall–Kier alpha value is -2.47. The second kappa shape index (κ2) is 9.65. The van der Waals surface area contributed by atoms with Gasteiger partial charge in [-0.3, -0.25) is 4.79 Å². The summed E-state index contributed by atoms with van der Waals surface area (Å²) in [5, 5.41) is 3.65. The zero-order chi connectivity index (χ0) is 23.7. The minimum Gasteiger partial charge on any atom is -0.351 e. The molecule has 180 valence electrons. The van der Waals surface area contributed by atoms with Crippen molar-refractivity contribution in [3.8, 4) is 11.4 Å². The highest BCUT2D eigenvalue weighted by Gasteiger charge is 2.39. The van der Waals surface area contributed by atoms with Crippen LogP contribution in [0.15, 0.2) is 48.5 Å². The summed E-state index contributed by atoms with van der Waals surface area (Å²) >= 11 is 6.13. The molecule has 0 saturated heterocycles. The average molecular weight is 486 g/mol. The maximum absolute atomic E-state index is 14.1. The molecule has 7 heteroatoms. The highest BCUT2D eigenvalue weighted by molar-refractivity contribution is 6.30. The minimum absolute atomic E-state index is 0.0989. The highest BCUT2D eigenvalue weighted by Crippen LogP contribution is 2.39. The molecule has 2 aliphatic carbocycles. The summed E-state index contributed by atoms with van der Waals surface area (Å²) < 4.78 is 30.2. The molecular formula is C27H30ClF2N3O. The second-order valence-electron chi connectivity index (χ2n) is 9.80. The number of hydrogen-bond acceptors (Lipinski definition) is 2. The number of para-hydroxylation sites is 2. The van der Waals surface area contributed by atoms with E-state index in [2.05, 4.69) is 5.32 Å². The van der Waals surface area contributed by atoms with Crippen LogP contribution in [-0.4, -0.2) is 27.4 Å². The van der Waals surface area contributed by atoms with Gasteiger partial charge in [0.05, 0.1) is 11.0 Å². The molecule has 3 aromatic rings. The fourth-order valence-corrected chi connectivity index (χ4v) is 5.83. The maximum atomic E-state index is 14.1. The van der Waals surface area contributed by atoms with Crippen molar-refractivity contribution >= 4 is 28.5 Å². The largest absolute Gasteiger partial charge is 0.351 e. The van der Waals surface area contributed by atoms with E-state index in [1.165, 1.54) is 0 Å². The van der Waals surface area contributed by atoms with Gasteiger partial charge in [0.2, 0.25) is 11.8 Å². The second-order valence-corrected chi connectivity index (χ2v) is 10.2. The van der Waals surface area contributed by atoms with E-state index in [4.69, 9.17) is 16.6 Å². The third-order valence-electron chi connectivity index (χ3n) is 7.33. The van der Waals surface area contributed by atoms with Gasteiger partial charge in [0.15, 0.2) is 0 Å². The van der Waals surface area contributed by atoms with Crippen LogP contribution in [0.25, 0.3) is 22.4 Å². The number of halogens is 3. The number of carbonyl (C=O) groups excluding carboxylic acids is 1. The summed E-state index contributed by atoms with van der Waals surface area (Å²) in [6.07, 6.45) is 5.80. The molecule has 2 atom stereocenters. The molecule has 34 heavy (non-hydrogen) atoms. The first-order valence-electron chi connectivity index (χ1n) is 12.3. The van der Waals surface area contributed by atoms with Crippen molar-refractivity contribution in [1.82, 2.24) is 14.9 Å². The number of imidazole rings is 1. The quantitative estimate of drug-likeness (QED) is 0.416. The molecule has 0 spiro atoms. The van der Waals surface area contributed by atoms with E-state index in [0.29, 0.717) is 23.7 Å². The number of rotatable bonds is 5. The van der Waals surface area contributed by atoms with Gasteiger partial charge in [-0.05, 0) is 68.0 Å². The molecule has 1 amide bonds. The summed E-state index contributed by atoms with van der Waals surface area (Å²) in [5.41, 5.74) is 2.57. The van der Waals surface area contributed by atoms with Crippen LogP contribution < -0.4 is 5.32 Å². The van der Waals surface area contributed by atoms with E-state index in [9.17, 15) is 13.6 Å². The molecule has 0 aliphatic heterocycles. The van der Waals surface area contributed by atoms with Gasteiger partial charge < -0.3 is 9.88 Å². The topological polar surface area (TPSA) is 46.9 Å². The lowest BCUT2D eigenvalue weighted by molar-refractivity contribution is -0.128. The number of nitrogens with zero attached hydrogens (tertiary/aromatic N) is 2. The lowest BCUT2D eigenvalue weighted by atomic mass is 9.82. The fraction of sp³-hybridized carbons (Fsp3) is 0.481. The Morgan fingerprint density at radius 3 is 2.50 bits per heavy atom. The predicted octanol–water partition coefficient (Wildman–Crippen LogP) is 7.17. The van der Waals surface area contributed by atoms with E-state index in [1.54, 1.807) is 0 Å². The van der Waals surface area contributed by atoms with Crippen LogP contribution in [0.5, 0.6) is 0 Å². The SMILES string of the molecule is O=C(NC1CCCC(F)(F)C1)[C@H](C1CCCCC1)n1c(-c2ccc(Cl)cc2)nc2ccccc21. The van der Waals surface area contributed by atoms with Crippen LogP contribution in [0.3, 0.4) is 0 Å². The predicted molar refractivity (Wildman–Crippen MR) is 131 cm³/mol. The van der Waals surface area contributed by atoms with Crippen molar-refractivity contribution in [2.75, 3.05) is 0 Å². The molecule has 2 fully saturated rings. The fourth-order valence-electron chi connectivity index (χ4n) is 5.70. The molecule has 1 heterocycles. The van der Waals surface area contributed by atoms with Crippen LogP contribution in [0.4, 0.5) is 8.78 Å². The number of carbonyl (C=O) groups is 1. The Bertz CT molecular complexity index is 1150. The van der Waals surface area contributed by atoms with Crippen molar-refractivity contribution in [1.29, 1.82) is 0 Å². The van der Waals surface area contributed by atoms with Gasteiger partial charge in [-0.15, -0.1) is 0 Å². The highest BCUT2D eigenvalue weighted by atomic mass is 35.5. The molecular weight excluding hydrogens is 456 g/mol. The Labute approximate surface area is 203 Å². The van der Waals surface area contributed by atoms with E-state index in [1.807, 2.05) is 53.1 Å². The zero-order valence-corrected chi connectivity index (χ0v) is 19.9. The molecule has 0 radical (unpaired) electrons. The number of fused-ring (bicyclic) bond motifs is 1. The number of nitrogens with one attached hydrogen (secondary N) is 1. The van der Waals surface area contributed by atoms with Crippen LogP contribution in [-0.2, 0) is 4.79 Å². The number of amides is 1. The van der Waals surface area contributed by atoms with Crippen molar-refractivity contribution < 1.29 is 13.6 Å². The summed E-state index contributed by atoms with van der Waals surface area (Å²) in [6.45, 7) is 0. The van der Waals surface area contributed by atoms with E-state index in [-0.39, 0.29) is 24.7 Å². The maximum Gasteiger partial charge on any atom is 0.250 e. The van der Waals surface area contributed by atoms with Gasteiger partial charge >= 0.3 is 0 Å². The molecule has 1 aromatic heterocycles. The molecule has 1 N–H and O–H groups in total. The third-order valence-corrected chi connectivity index (χ3v) is 7.58. The Balaban J connectivity index is 1.58. The van der Waals surface area contributed by atoms with E-state index < -0.39 is 18.0 Å². The smallest absolute Gasteiger partial charge is 0.250 e. The van der Waals surface area contributed by atoms with Crippen molar-refractivity contribution in [2.24, 2.45) is 5.92 Å². The average Bonchev–Trinajstić information content (AvgIpc) is 3.19. The number of hydrogen-bond donors (Lipinski definition) is 1. The lowest BCUT2D eigenvalue weighted by Crippen LogP contribution is -2.46. The molecule has 2 saturated carbocycles. The molecule has 2 aromatic carbocycles. The summed E-state index contributed by atoms with van der Waals surface area (Å²) in [6, 6.07) is 14.3. The van der Waals surface area contributed by atoms with Crippen LogP contribution in [0.1, 0.15) is 63.8 Å². The molecule has 1 unspecified atom stereocenters. The Morgan fingerprint density at radius 2 is 1.76 bits per heavy atom. The van der Waals surface area contributed by atoms with Gasteiger partial charge in [-0.25, -0.2) is 13.8 Å². The van der Waals surface area contributed by atoms with Crippen LogP contribution in [0.2, 0.25) is 5.02 Å². The van der Waals surface area contributed by atoms with Crippen LogP contribution in [0, 0.1) is 5.92 Å². The first-order chi connectivity index (χ1) is 16.4.